The average Bonchev–Trinajstić information content (AvgIpc) is 2.54. The lowest BCUT2D eigenvalue weighted by atomic mass is 10.0. The van der Waals surface area contributed by atoms with Gasteiger partial charge in [-0.25, -0.2) is 0 Å². The third-order valence-corrected chi connectivity index (χ3v) is 4.49. The van der Waals surface area contributed by atoms with Crippen LogP contribution in [0.3, 0.4) is 0 Å². The number of nitrogens with one attached hydrogen (secondary N) is 1. The molecule has 1 atom stereocenters. The Kier molecular flexibility index (Phi) is 6.49. The minimum atomic E-state index is -0.00547. The molecule has 2 rings (SSSR count). The van der Waals surface area contributed by atoms with Crippen molar-refractivity contribution in [3.63, 3.8) is 0 Å². The van der Waals surface area contributed by atoms with Crippen molar-refractivity contribution in [1.29, 1.82) is 0 Å². The van der Waals surface area contributed by atoms with Crippen LogP contribution in [0.2, 0.25) is 10.0 Å². The van der Waals surface area contributed by atoms with Crippen LogP contribution in [0.1, 0.15) is 43.0 Å². The summed E-state index contributed by atoms with van der Waals surface area (Å²) in [6.45, 7) is 4.12. The van der Waals surface area contributed by atoms with Gasteiger partial charge in [-0.1, -0.05) is 60.5 Å². The number of hydrogen-bond donors (Lipinski definition) is 1. The quantitative estimate of drug-likeness (QED) is 0.746. The summed E-state index contributed by atoms with van der Waals surface area (Å²) in [4.78, 5) is 12.1. The number of rotatable bonds is 6. The number of aryl methyl sites for hydroxylation is 2. The molecule has 2 aromatic carbocycles. The lowest BCUT2D eigenvalue weighted by molar-refractivity contribution is -0.121. The molecule has 0 aliphatic rings. The molecular formula is C19H21Cl2NO. The monoisotopic (exact) mass is 349 g/mol. The maximum atomic E-state index is 12.1. The Morgan fingerprint density at radius 1 is 1.13 bits per heavy atom. The first kappa shape index (κ1) is 17.8. The highest BCUT2D eigenvalue weighted by Gasteiger charge is 2.10. The molecule has 0 saturated heterocycles. The van der Waals surface area contributed by atoms with Gasteiger partial charge in [0.15, 0.2) is 0 Å². The van der Waals surface area contributed by atoms with E-state index in [0.29, 0.717) is 22.9 Å². The van der Waals surface area contributed by atoms with E-state index >= 15 is 0 Å². The van der Waals surface area contributed by atoms with Crippen molar-refractivity contribution < 1.29 is 4.79 Å². The van der Waals surface area contributed by atoms with Gasteiger partial charge in [0, 0.05) is 16.5 Å². The molecule has 1 amide bonds. The Balaban J connectivity index is 1.88. The highest BCUT2D eigenvalue weighted by atomic mass is 35.5. The normalized spacial score (nSPS) is 12.0. The Morgan fingerprint density at radius 2 is 1.83 bits per heavy atom. The highest BCUT2D eigenvalue weighted by Crippen LogP contribution is 2.22. The Labute approximate surface area is 147 Å². The molecule has 0 saturated carbocycles. The molecule has 0 bridgehead atoms. The third-order valence-electron chi connectivity index (χ3n) is 3.90. The minimum absolute atomic E-state index is 0.00547. The van der Waals surface area contributed by atoms with Gasteiger partial charge in [0.2, 0.25) is 5.91 Å². The van der Waals surface area contributed by atoms with Crippen LogP contribution in [0.5, 0.6) is 0 Å². The topological polar surface area (TPSA) is 29.1 Å². The van der Waals surface area contributed by atoms with Gasteiger partial charge in [-0.2, -0.15) is 0 Å². The molecule has 0 aromatic heterocycles. The van der Waals surface area contributed by atoms with E-state index < -0.39 is 0 Å². The number of halogens is 2. The van der Waals surface area contributed by atoms with Crippen molar-refractivity contribution in [2.45, 2.75) is 39.2 Å². The fraction of sp³-hybridized carbons (Fsp3) is 0.316. The molecule has 0 fully saturated rings. The van der Waals surface area contributed by atoms with Crippen molar-refractivity contribution in [3.05, 3.63) is 69.2 Å². The molecule has 0 heterocycles. The summed E-state index contributed by atoms with van der Waals surface area (Å²) in [7, 11) is 0. The highest BCUT2D eigenvalue weighted by molar-refractivity contribution is 6.35. The molecule has 122 valence electrons. The van der Waals surface area contributed by atoms with Gasteiger partial charge in [0.25, 0.3) is 0 Å². The summed E-state index contributed by atoms with van der Waals surface area (Å²) in [6, 6.07) is 13.7. The van der Waals surface area contributed by atoms with Crippen LogP contribution < -0.4 is 5.32 Å². The maximum Gasteiger partial charge on any atom is 0.220 e. The zero-order valence-corrected chi connectivity index (χ0v) is 14.9. The second kappa shape index (κ2) is 8.37. The molecule has 0 unspecified atom stereocenters. The lowest BCUT2D eigenvalue weighted by Crippen LogP contribution is -2.26. The number of amides is 1. The standard InChI is InChI=1S/C19H21Cl2NO/c1-3-14-4-6-15(7-5-14)13(2)22-19(23)11-9-16-8-10-17(20)12-18(16)21/h4-8,10,12-13H,3,9,11H2,1-2H3,(H,22,23)/t13-/m1/s1. The lowest BCUT2D eigenvalue weighted by Gasteiger charge is -2.15. The predicted molar refractivity (Wildman–Crippen MR) is 97.2 cm³/mol. The second-order valence-electron chi connectivity index (χ2n) is 5.62. The number of benzene rings is 2. The van der Waals surface area contributed by atoms with Gasteiger partial charge >= 0.3 is 0 Å². The first-order valence-electron chi connectivity index (χ1n) is 7.81. The molecular weight excluding hydrogens is 329 g/mol. The molecule has 0 aliphatic heterocycles. The number of hydrogen-bond acceptors (Lipinski definition) is 1. The van der Waals surface area contributed by atoms with E-state index in [1.807, 2.05) is 13.0 Å². The van der Waals surface area contributed by atoms with Crippen LogP contribution in [-0.2, 0) is 17.6 Å². The second-order valence-corrected chi connectivity index (χ2v) is 6.46. The molecule has 23 heavy (non-hydrogen) atoms. The fourth-order valence-electron chi connectivity index (χ4n) is 2.41. The largest absolute Gasteiger partial charge is 0.350 e. The maximum absolute atomic E-state index is 12.1. The van der Waals surface area contributed by atoms with Crippen molar-refractivity contribution in [2.75, 3.05) is 0 Å². The van der Waals surface area contributed by atoms with Crippen molar-refractivity contribution in [2.24, 2.45) is 0 Å². The van der Waals surface area contributed by atoms with Crippen LogP contribution in [0, 0.1) is 0 Å². The van der Waals surface area contributed by atoms with Crippen LogP contribution in [-0.4, -0.2) is 5.91 Å². The van der Waals surface area contributed by atoms with Crippen LogP contribution >= 0.6 is 23.2 Å². The van der Waals surface area contributed by atoms with Gasteiger partial charge < -0.3 is 5.32 Å². The van der Waals surface area contributed by atoms with E-state index in [-0.39, 0.29) is 11.9 Å². The van der Waals surface area contributed by atoms with Gasteiger partial charge in [-0.15, -0.1) is 0 Å². The number of carbonyl (C=O) groups is 1. The Morgan fingerprint density at radius 3 is 2.43 bits per heavy atom. The smallest absolute Gasteiger partial charge is 0.220 e. The van der Waals surface area contributed by atoms with E-state index in [2.05, 4.69) is 36.5 Å². The molecule has 0 aliphatic carbocycles. The van der Waals surface area contributed by atoms with Crippen molar-refractivity contribution in [1.82, 2.24) is 5.32 Å². The average molecular weight is 350 g/mol. The van der Waals surface area contributed by atoms with Crippen molar-refractivity contribution in [3.8, 4) is 0 Å². The van der Waals surface area contributed by atoms with E-state index in [0.717, 1.165) is 17.5 Å². The Bertz CT molecular complexity index is 668. The fourth-order valence-corrected chi connectivity index (χ4v) is 2.91. The van der Waals surface area contributed by atoms with Crippen LogP contribution in [0.25, 0.3) is 0 Å². The molecule has 0 radical (unpaired) electrons. The third kappa shape index (κ3) is 5.26. The summed E-state index contributed by atoms with van der Waals surface area (Å²) < 4.78 is 0. The first-order valence-corrected chi connectivity index (χ1v) is 8.57. The van der Waals surface area contributed by atoms with Gasteiger partial charge in [-0.3, -0.25) is 4.79 Å². The molecule has 2 nitrogen and oxygen atoms in total. The van der Waals surface area contributed by atoms with E-state index in [1.54, 1.807) is 12.1 Å². The van der Waals surface area contributed by atoms with Crippen molar-refractivity contribution >= 4 is 29.1 Å². The zero-order chi connectivity index (χ0) is 16.8. The zero-order valence-electron chi connectivity index (χ0n) is 13.4. The van der Waals surface area contributed by atoms with Gasteiger partial charge in [-0.05, 0) is 48.6 Å². The predicted octanol–water partition coefficient (Wildman–Crippen LogP) is 5.37. The van der Waals surface area contributed by atoms with Crippen LogP contribution in [0.4, 0.5) is 0 Å². The van der Waals surface area contributed by atoms with Gasteiger partial charge in [0.05, 0.1) is 6.04 Å². The molecule has 4 heteroatoms. The summed E-state index contributed by atoms with van der Waals surface area (Å²) in [5, 5.41) is 4.24. The molecule has 2 aromatic rings. The summed E-state index contributed by atoms with van der Waals surface area (Å²) in [6.07, 6.45) is 2.02. The van der Waals surface area contributed by atoms with E-state index in [9.17, 15) is 4.79 Å². The SMILES string of the molecule is CCc1ccc([C@@H](C)NC(=O)CCc2ccc(Cl)cc2Cl)cc1. The first-order chi connectivity index (χ1) is 11.0. The summed E-state index contributed by atoms with van der Waals surface area (Å²) in [5.74, 6) is 0.0167. The summed E-state index contributed by atoms with van der Waals surface area (Å²) >= 11 is 12.0. The Hall–Kier alpha value is -1.51. The van der Waals surface area contributed by atoms with E-state index in [4.69, 9.17) is 23.2 Å². The number of carbonyl (C=O) groups excluding carboxylic acids is 1. The molecule has 0 spiro atoms. The van der Waals surface area contributed by atoms with E-state index in [1.165, 1.54) is 5.56 Å². The minimum Gasteiger partial charge on any atom is -0.350 e. The molecule has 1 N–H and O–H groups in total. The van der Waals surface area contributed by atoms with Crippen LogP contribution in [0.15, 0.2) is 42.5 Å². The van der Waals surface area contributed by atoms with Gasteiger partial charge in [0.1, 0.15) is 0 Å². The summed E-state index contributed by atoms with van der Waals surface area (Å²) in [5.41, 5.74) is 3.34.